The Morgan fingerprint density at radius 1 is 1.71 bits per heavy atom. The van der Waals surface area contributed by atoms with Gasteiger partial charge in [-0.3, -0.25) is 4.79 Å². The molecule has 1 heterocycles. The number of fused-ring (bicyclic) bond motifs is 1. The number of rotatable bonds is 1. The molecule has 0 N–H and O–H groups in total. The fourth-order valence-corrected chi connectivity index (χ4v) is 1.76. The van der Waals surface area contributed by atoms with E-state index in [0.29, 0.717) is 5.56 Å². The van der Waals surface area contributed by atoms with Crippen molar-refractivity contribution >= 4 is 17.4 Å². The van der Waals surface area contributed by atoms with Gasteiger partial charge in [-0.15, -0.1) is 0 Å². The third kappa shape index (κ3) is 1.26. The number of carbonyl (C=O) groups excluding carboxylic acids is 1. The van der Waals surface area contributed by atoms with Gasteiger partial charge in [-0.2, -0.15) is 0 Å². The first-order valence-electron chi connectivity index (χ1n) is 4.05. The molecule has 0 radical (unpaired) electrons. The lowest BCUT2D eigenvalue weighted by Crippen LogP contribution is -2.09. The molecule has 0 saturated carbocycles. The van der Waals surface area contributed by atoms with Crippen LogP contribution < -0.4 is 4.74 Å². The topological polar surface area (TPSA) is 39.2 Å². The number of ether oxygens (including phenoxy) is 1. The Morgan fingerprint density at radius 3 is 3.07 bits per heavy atom. The van der Waals surface area contributed by atoms with Crippen LogP contribution in [-0.4, -0.2) is 24.0 Å². The van der Waals surface area contributed by atoms with Crippen LogP contribution in [0.4, 0.5) is 4.39 Å². The molecule has 0 aromatic carbocycles. The van der Waals surface area contributed by atoms with Gasteiger partial charge in [-0.1, -0.05) is 11.6 Å². The molecule has 0 bridgehead atoms. The van der Waals surface area contributed by atoms with Crippen LogP contribution in [0.1, 0.15) is 15.9 Å². The van der Waals surface area contributed by atoms with Gasteiger partial charge in [0.15, 0.2) is 6.17 Å². The van der Waals surface area contributed by atoms with E-state index in [1.165, 1.54) is 13.2 Å². The highest BCUT2D eigenvalue weighted by molar-refractivity contribution is 6.29. The maximum atomic E-state index is 13.1. The first kappa shape index (κ1) is 9.40. The maximum Gasteiger partial charge on any atom is 0.225 e. The molecule has 2 rings (SSSR count). The summed E-state index contributed by atoms with van der Waals surface area (Å²) >= 11 is 5.68. The SMILES string of the molecule is COc1nc(Cl)cc2c1C(=O)C(F)C2. The second-order valence-electron chi connectivity index (χ2n) is 3.02. The minimum Gasteiger partial charge on any atom is -0.480 e. The Bertz CT molecular complexity index is 408. The summed E-state index contributed by atoms with van der Waals surface area (Å²) < 4.78 is 18.0. The number of hydrogen-bond acceptors (Lipinski definition) is 3. The molecule has 14 heavy (non-hydrogen) atoms. The van der Waals surface area contributed by atoms with E-state index in [0.717, 1.165) is 0 Å². The third-order valence-corrected chi connectivity index (χ3v) is 2.35. The summed E-state index contributed by atoms with van der Waals surface area (Å²) in [5, 5.41) is 0.211. The molecule has 1 atom stereocenters. The number of pyridine rings is 1. The number of alkyl halides is 1. The summed E-state index contributed by atoms with van der Waals surface area (Å²) in [7, 11) is 1.37. The molecular formula is C9H7ClFNO2. The normalized spacial score (nSPS) is 19.6. The van der Waals surface area contributed by atoms with Crippen molar-refractivity contribution in [2.45, 2.75) is 12.6 Å². The van der Waals surface area contributed by atoms with Gasteiger partial charge in [0.05, 0.1) is 12.7 Å². The summed E-state index contributed by atoms with van der Waals surface area (Å²) in [5.41, 5.74) is 0.795. The molecule has 1 aromatic heterocycles. The van der Waals surface area contributed by atoms with Crippen molar-refractivity contribution in [1.29, 1.82) is 0 Å². The standard InChI is InChI=1S/C9H7ClFNO2/c1-14-9-7-4(3-6(10)12-9)2-5(11)8(7)13/h3,5H,2H2,1H3. The predicted molar refractivity (Wildman–Crippen MR) is 48.7 cm³/mol. The monoisotopic (exact) mass is 215 g/mol. The second kappa shape index (κ2) is 3.20. The highest BCUT2D eigenvalue weighted by atomic mass is 35.5. The van der Waals surface area contributed by atoms with Crippen molar-refractivity contribution in [1.82, 2.24) is 4.98 Å². The van der Waals surface area contributed by atoms with Crippen LogP contribution in [0.25, 0.3) is 0 Å². The number of hydrogen-bond donors (Lipinski definition) is 0. The molecule has 0 amide bonds. The van der Waals surface area contributed by atoms with E-state index < -0.39 is 12.0 Å². The molecule has 0 fully saturated rings. The number of methoxy groups -OCH3 is 1. The van der Waals surface area contributed by atoms with Gasteiger partial charge in [0, 0.05) is 6.42 Å². The number of halogens is 2. The molecule has 1 unspecified atom stereocenters. The number of aromatic nitrogens is 1. The average molecular weight is 216 g/mol. The van der Waals surface area contributed by atoms with Crippen LogP contribution in [0.15, 0.2) is 6.07 Å². The van der Waals surface area contributed by atoms with Gasteiger partial charge in [-0.05, 0) is 11.6 Å². The van der Waals surface area contributed by atoms with Crippen molar-refractivity contribution in [2.75, 3.05) is 7.11 Å². The third-order valence-electron chi connectivity index (χ3n) is 2.16. The average Bonchev–Trinajstić information content (AvgIpc) is 2.41. The highest BCUT2D eigenvalue weighted by Crippen LogP contribution is 2.32. The van der Waals surface area contributed by atoms with Crippen molar-refractivity contribution in [2.24, 2.45) is 0 Å². The number of carbonyl (C=O) groups is 1. The zero-order valence-electron chi connectivity index (χ0n) is 7.38. The molecule has 0 spiro atoms. The Balaban J connectivity index is 2.62. The van der Waals surface area contributed by atoms with E-state index in [4.69, 9.17) is 16.3 Å². The van der Waals surface area contributed by atoms with Gasteiger partial charge in [0.1, 0.15) is 5.15 Å². The van der Waals surface area contributed by atoms with Gasteiger partial charge in [0.2, 0.25) is 11.7 Å². The number of ketones is 1. The zero-order valence-corrected chi connectivity index (χ0v) is 8.14. The quantitative estimate of drug-likeness (QED) is 0.671. The van der Waals surface area contributed by atoms with Crippen LogP contribution in [0.2, 0.25) is 5.15 Å². The van der Waals surface area contributed by atoms with Gasteiger partial charge in [-0.25, -0.2) is 9.37 Å². The largest absolute Gasteiger partial charge is 0.480 e. The Kier molecular flexibility index (Phi) is 2.15. The van der Waals surface area contributed by atoms with Crippen LogP contribution in [-0.2, 0) is 6.42 Å². The van der Waals surface area contributed by atoms with E-state index in [1.807, 2.05) is 0 Å². The van der Waals surface area contributed by atoms with Crippen LogP contribution in [0.3, 0.4) is 0 Å². The second-order valence-corrected chi connectivity index (χ2v) is 3.41. The van der Waals surface area contributed by atoms with Crippen molar-refractivity contribution in [3.05, 3.63) is 22.3 Å². The Labute approximate surface area is 84.8 Å². The molecule has 0 aliphatic heterocycles. The van der Waals surface area contributed by atoms with Gasteiger partial charge < -0.3 is 4.74 Å². The van der Waals surface area contributed by atoms with Crippen LogP contribution >= 0.6 is 11.6 Å². The van der Waals surface area contributed by atoms with E-state index >= 15 is 0 Å². The van der Waals surface area contributed by atoms with Crippen molar-refractivity contribution < 1.29 is 13.9 Å². The minimum atomic E-state index is -1.49. The fraction of sp³-hybridized carbons (Fsp3) is 0.333. The first-order valence-corrected chi connectivity index (χ1v) is 4.43. The van der Waals surface area contributed by atoms with Gasteiger partial charge >= 0.3 is 0 Å². The lowest BCUT2D eigenvalue weighted by Gasteiger charge is -2.04. The molecule has 5 heteroatoms. The van der Waals surface area contributed by atoms with E-state index in [-0.39, 0.29) is 23.0 Å². The number of nitrogens with zero attached hydrogens (tertiary/aromatic N) is 1. The molecule has 0 saturated heterocycles. The zero-order chi connectivity index (χ0) is 10.3. The highest BCUT2D eigenvalue weighted by Gasteiger charge is 2.34. The molecule has 1 aromatic rings. The smallest absolute Gasteiger partial charge is 0.225 e. The minimum absolute atomic E-state index is 0.0623. The summed E-state index contributed by atoms with van der Waals surface area (Å²) in [4.78, 5) is 15.2. The molecule has 3 nitrogen and oxygen atoms in total. The summed E-state index contributed by atoms with van der Waals surface area (Å²) in [6.45, 7) is 0. The summed E-state index contributed by atoms with van der Waals surface area (Å²) in [6, 6.07) is 1.50. The molecule has 1 aliphatic rings. The van der Waals surface area contributed by atoms with Gasteiger partial charge in [0.25, 0.3) is 0 Å². The fourth-order valence-electron chi connectivity index (χ4n) is 1.55. The summed E-state index contributed by atoms with van der Waals surface area (Å²) in [5.74, 6) is -0.460. The van der Waals surface area contributed by atoms with Crippen molar-refractivity contribution in [3.8, 4) is 5.88 Å². The first-order chi connectivity index (χ1) is 6.63. The number of Topliss-reactive ketones (excluding diaryl/α,β-unsaturated/α-hetero) is 1. The molecule has 1 aliphatic carbocycles. The Morgan fingerprint density at radius 2 is 2.43 bits per heavy atom. The molecular weight excluding hydrogens is 209 g/mol. The lowest BCUT2D eigenvalue weighted by molar-refractivity contribution is 0.0896. The Hall–Kier alpha value is -1.16. The predicted octanol–water partition coefficient (Wildman–Crippen LogP) is 1.82. The molecule has 74 valence electrons. The van der Waals surface area contributed by atoms with E-state index in [1.54, 1.807) is 0 Å². The van der Waals surface area contributed by atoms with E-state index in [9.17, 15) is 9.18 Å². The lowest BCUT2D eigenvalue weighted by atomic mass is 10.2. The maximum absolute atomic E-state index is 13.1. The van der Waals surface area contributed by atoms with Crippen molar-refractivity contribution in [3.63, 3.8) is 0 Å². The van der Waals surface area contributed by atoms with E-state index in [2.05, 4.69) is 4.98 Å². The summed E-state index contributed by atoms with van der Waals surface area (Å²) in [6.07, 6.45) is -1.42. The van der Waals surface area contributed by atoms with Crippen LogP contribution in [0.5, 0.6) is 5.88 Å². The van der Waals surface area contributed by atoms with Crippen LogP contribution in [0, 0.1) is 0 Å².